The van der Waals surface area contributed by atoms with Crippen LogP contribution in [0.2, 0.25) is 5.02 Å². The van der Waals surface area contributed by atoms with E-state index in [1.54, 1.807) is 18.2 Å². The molecule has 0 unspecified atom stereocenters. The summed E-state index contributed by atoms with van der Waals surface area (Å²) in [7, 11) is 0. The number of halogens is 2. The summed E-state index contributed by atoms with van der Waals surface area (Å²) in [6.45, 7) is 0. The summed E-state index contributed by atoms with van der Waals surface area (Å²) < 4.78 is 6.31. The van der Waals surface area contributed by atoms with Gasteiger partial charge in [0.25, 0.3) is 5.22 Å². The molecule has 1 heterocycles. The Labute approximate surface area is 155 Å². The van der Waals surface area contributed by atoms with E-state index in [0.29, 0.717) is 21.8 Å². The molecule has 0 aliphatic rings. The number of nitrogens with one attached hydrogen (secondary N) is 1. The van der Waals surface area contributed by atoms with Crippen LogP contribution in [0, 0.1) is 0 Å². The number of carbonyl (C=O) groups is 1. The fraction of sp³-hybridized carbons (Fsp3) is 0.0625. The van der Waals surface area contributed by atoms with Gasteiger partial charge in [0.1, 0.15) is 0 Å². The summed E-state index contributed by atoms with van der Waals surface area (Å²) in [6.07, 6.45) is 0. The minimum absolute atomic E-state index is 0.157. The van der Waals surface area contributed by atoms with Crippen LogP contribution in [-0.4, -0.2) is 21.9 Å². The van der Waals surface area contributed by atoms with Crippen molar-refractivity contribution in [3.05, 3.63) is 58.0 Å². The fourth-order valence-electron chi connectivity index (χ4n) is 1.86. The number of amides is 1. The Morgan fingerprint density at radius 2 is 2.00 bits per heavy atom. The lowest BCUT2D eigenvalue weighted by molar-refractivity contribution is -0.113. The Bertz CT molecular complexity index is 858. The normalized spacial score (nSPS) is 10.6. The topological polar surface area (TPSA) is 68.0 Å². The molecule has 1 N–H and O–H groups in total. The Kier molecular flexibility index (Phi) is 5.55. The average molecular weight is 425 g/mol. The predicted molar refractivity (Wildman–Crippen MR) is 98.2 cm³/mol. The molecule has 0 aliphatic carbocycles. The minimum Gasteiger partial charge on any atom is -0.411 e. The lowest BCUT2D eigenvalue weighted by Gasteiger charge is -2.05. The SMILES string of the molecule is O=C(CSc1nnc(-c2ccccc2)o1)Nc1ccc(Br)c(Cl)c1. The molecule has 0 atom stereocenters. The average Bonchev–Trinajstić information content (AvgIpc) is 3.06. The van der Waals surface area contributed by atoms with E-state index in [9.17, 15) is 4.79 Å². The van der Waals surface area contributed by atoms with Crippen LogP contribution in [-0.2, 0) is 4.79 Å². The van der Waals surface area contributed by atoms with Gasteiger partial charge >= 0.3 is 0 Å². The second-order valence-corrected chi connectivity index (χ2v) is 6.89. The number of benzene rings is 2. The van der Waals surface area contributed by atoms with E-state index < -0.39 is 0 Å². The summed E-state index contributed by atoms with van der Waals surface area (Å²) in [5.74, 6) is 0.403. The van der Waals surface area contributed by atoms with Gasteiger partial charge in [-0.25, -0.2) is 0 Å². The van der Waals surface area contributed by atoms with Crippen molar-refractivity contribution < 1.29 is 9.21 Å². The molecule has 5 nitrogen and oxygen atoms in total. The number of hydrogen-bond donors (Lipinski definition) is 1. The maximum Gasteiger partial charge on any atom is 0.277 e. The number of hydrogen-bond acceptors (Lipinski definition) is 5. The van der Waals surface area contributed by atoms with Gasteiger partial charge in [0.15, 0.2) is 0 Å². The van der Waals surface area contributed by atoms with E-state index in [4.69, 9.17) is 16.0 Å². The third-order valence-electron chi connectivity index (χ3n) is 2.96. The van der Waals surface area contributed by atoms with Crippen molar-refractivity contribution in [1.29, 1.82) is 0 Å². The third kappa shape index (κ3) is 4.37. The molecular weight excluding hydrogens is 414 g/mol. The van der Waals surface area contributed by atoms with Crippen molar-refractivity contribution in [2.45, 2.75) is 5.22 Å². The van der Waals surface area contributed by atoms with E-state index in [-0.39, 0.29) is 11.7 Å². The van der Waals surface area contributed by atoms with E-state index >= 15 is 0 Å². The zero-order chi connectivity index (χ0) is 16.9. The molecule has 0 aliphatic heterocycles. The van der Waals surface area contributed by atoms with Crippen molar-refractivity contribution in [2.75, 3.05) is 11.1 Å². The Morgan fingerprint density at radius 1 is 1.21 bits per heavy atom. The first-order valence-electron chi connectivity index (χ1n) is 6.88. The minimum atomic E-state index is -0.183. The molecule has 8 heteroatoms. The highest BCUT2D eigenvalue weighted by Gasteiger charge is 2.11. The van der Waals surface area contributed by atoms with Gasteiger partial charge < -0.3 is 9.73 Å². The van der Waals surface area contributed by atoms with Gasteiger partial charge in [-0.2, -0.15) is 0 Å². The van der Waals surface area contributed by atoms with Crippen LogP contribution in [0.4, 0.5) is 5.69 Å². The molecule has 3 rings (SSSR count). The van der Waals surface area contributed by atoms with Gasteiger partial charge in [0.2, 0.25) is 11.8 Å². The van der Waals surface area contributed by atoms with Crippen LogP contribution in [0.3, 0.4) is 0 Å². The van der Waals surface area contributed by atoms with Gasteiger partial charge in [-0.3, -0.25) is 4.79 Å². The molecule has 2 aromatic carbocycles. The molecule has 0 fully saturated rings. The second kappa shape index (κ2) is 7.83. The standard InChI is InChI=1S/C16H11BrClN3O2S/c17-12-7-6-11(8-13(12)18)19-14(22)9-24-16-21-20-15(23-16)10-4-2-1-3-5-10/h1-8H,9H2,(H,19,22). The zero-order valence-corrected chi connectivity index (χ0v) is 15.4. The van der Waals surface area contributed by atoms with E-state index in [1.807, 2.05) is 30.3 Å². The van der Waals surface area contributed by atoms with Gasteiger partial charge in [-0.15, -0.1) is 10.2 Å². The Balaban J connectivity index is 1.56. The van der Waals surface area contributed by atoms with E-state index in [1.165, 1.54) is 11.8 Å². The first-order chi connectivity index (χ1) is 11.6. The highest BCUT2D eigenvalue weighted by atomic mass is 79.9. The molecule has 0 saturated heterocycles. The highest BCUT2D eigenvalue weighted by molar-refractivity contribution is 9.10. The Morgan fingerprint density at radius 3 is 2.75 bits per heavy atom. The van der Waals surface area contributed by atoms with Gasteiger partial charge in [0.05, 0.1) is 10.8 Å². The largest absolute Gasteiger partial charge is 0.411 e. The third-order valence-corrected chi connectivity index (χ3v) is 5.01. The summed E-state index contributed by atoms with van der Waals surface area (Å²) in [5.41, 5.74) is 1.47. The molecule has 24 heavy (non-hydrogen) atoms. The van der Waals surface area contributed by atoms with Crippen LogP contribution in [0.25, 0.3) is 11.5 Å². The predicted octanol–water partition coefficient (Wildman–Crippen LogP) is 4.88. The van der Waals surface area contributed by atoms with Gasteiger partial charge in [0, 0.05) is 15.7 Å². The summed E-state index contributed by atoms with van der Waals surface area (Å²) >= 11 is 10.5. The summed E-state index contributed by atoms with van der Waals surface area (Å²) in [4.78, 5) is 12.0. The lowest BCUT2D eigenvalue weighted by Crippen LogP contribution is -2.13. The number of nitrogens with zero attached hydrogens (tertiary/aromatic N) is 2. The number of rotatable bonds is 5. The first kappa shape index (κ1) is 17.0. The monoisotopic (exact) mass is 423 g/mol. The number of aromatic nitrogens is 2. The van der Waals surface area contributed by atoms with E-state index in [2.05, 4.69) is 31.4 Å². The molecule has 1 aromatic heterocycles. The van der Waals surface area contributed by atoms with Crippen LogP contribution < -0.4 is 5.32 Å². The number of thioether (sulfide) groups is 1. The van der Waals surface area contributed by atoms with E-state index in [0.717, 1.165) is 10.0 Å². The molecule has 0 saturated carbocycles. The van der Waals surface area contributed by atoms with Crippen LogP contribution >= 0.6 is 39.3 Å². The summed E-state index contributed by atoms with van der Waals surface area (Å²) in [5, 5.41) is 11.6. The van der Waals surface area contributed by atoms with Crippen molar-refractivity contribution >= 4 is 50.9 Å². The molecule has 3 aromatic rings. The Hall–Kier alpha value is -1.83. The summed E-state index contributed by atoms with van der Waals surface area (Å²) in [6, 6.07) is 14.7. The highest BCUT2D eigenvalue weighted by Crippen LogP contribution is 2.26. The molecule has 1 amide bonds. The molecule has 122 valence electrons. The van der Waals surface area contributed by atoms with Crippen LogP contribution in [0.5, 0.6) is 0 Å². The van der Waals surface area contributed by atoms with Crippen LogP contribution in [0.15, 0.2) is 62.6 Å². The molecule has 0 bridgehead atoms. The zero-order valence-electron chi connectivity index (χ0n) is 12.2. The first-order valence-corrected chi connectivity index (χ1v) is 9.04. The van der Waals surface area contributed by atoms with Crippen molar-refractivity contribution in [3.8, 4) is 11.5 Å². The molecule has 0 radical (unpaired) electrons. The van der Waals surface area contributed by atoms with Crippen LogP contribution in [0.1, 0.15) is 0 Å². The maximum absolute atomic E-state index is 12.0. The van der Waals surface area contributed by atoms with Gasteiger partial charge in [-0.1, -0.05) is 41.6 Å². The number of anilines is 1. The molecular formula is C16H11BrClN3O2S. The smallest absolute Gasteiger partial charge is 0.277 e. The molecule has 0 spiro atoms. The van der Waals surface area contributed by atoms with Crippen molar-refractivity contribution in [2.24, 2.45) is 0 Å². The van der Waals surface area contributed by atoms with Crippen molar-refractivity contribution in [3.63, 3.8) is 0 Å². The second-order valence-electron chi connectivity index (χ2n) is 4.70. The number of carbonyl (C=O) groups excluding carboxylic acids is 1. The quantitative estimate of drug-likeness (QED) is 0.591. The maximum atomic E-state index is 12.0. The van der Waals surface area contributed by atoms with Crippen molar-refractivity contribution in [1.82, 2.24) is 10.2 Å². The fourth-order valence-corrected chi connectivity index (χ4v) is 2.85. The van der Waals surface area contributed by atoms with Gasteiger partial charge in [-0.05, 0) is 46.3 Å². The lowest BCUT2D eigenvalue weighted by atomic mass is 10.2.